The SMILES string of the molecule is CC(C)=NN(Cc1ccc(C)cc1)[C@@H]1CCS(=O)(=O)C1. The number of rotatable bonds is 4. The van der Waals surface area contributed by atoms with Crippen molar-refractivity contribution < 1.29 is 8.42 Å². The van der Waals surface area contributed by atoms with Gasteiger partial charge in [0.1, 0.15) is 0 Å². The van der Waals surface area contributed by atoms with Gasteiger partial charge in [-0.15, -0.1) is 0 Å². The van der Waals surface area contributed by atoms with Gasteiger partial charge >= 0.3 is 0 Å². The molecule has 2 rings (SSSR count). The molecule has 1 fully saturated rings. The molecule has 0 N–H and O–H groups in total. The van der Waals surface area contributed by atoms with Crippen molar-refractivity contribution >= 4 is 15.5 Å². The normalized spacial score (nSPS) is 20.6. The van der Waals surface area contributed by atoms with Crippen molar-refractivity contribution in [2.24, 2.45) is 5.10 Å². The van der Waals surface area contributed by atoms with Crippen LogP contribution in [0.2, 0.25) is 0 Å². The molecule has 0 bridgehead atoms. The van der Waals surface area contributed by atoms with Crippen LogP contribution >= 0.6 is 0 Å². The Bertz CT molecular complexity index is 587. The highest BCUT2D eigenvalue weighted by molar-refractivity contribution is 7.91. The Labute approximate surface area is 121 Å². The van der Waals surface area contributed by atoms with E-state index in [1.54, 1.807) is 0 Å². The van der Waals surface area contributed by atoms with Crippen molar-refractivity contribution in [3.63, 3.8) is 0 Å². The predicted octanol–water partition coefficient (Wildman–Crippen LogP) is 2.38. The fourth-order valence-electron chi connectivity index (χ4n) is 2.39. The molecule has 0 amide bonds. The van der Waals surface area contributed by atoms with E-state index < -0.39 is 9.84 Å². The lowest BCUT2D eigenvalue weighted by molar-refractivity contribution is 0.213. The molecule has 1 saturated heterocycles. The van der Waals surface area contributed by atoms with Crippen LogP contribution in [-0.4, -0.2) is 36.7 Å². The van der Waals surface area contributed by atoms with Gasteiger partial charge in [-0.25, -0.2) is 8.42 Å². The van der Waals surface area contributed by atoms with Gasteiger partial charge in [-0.05, 0) is 32.8 Å². The highest BCUT2D eigenvalue weighted by atomic mass is 32.2. The molecule has 4 nitrogen and oxygen atoms in total. The molecule has 0 radical (unpaired) electrons. The molecular weight excluding hydrogens is 272 g/mol. The number of hydrazone groups is 1. The second-order valence-electron chi connectivity index (χ2n) is 5.69. The smallest absolute Gasteiger partial charge is 0.152 e. The first-order chi connectivity index (χ1) is 9.35. The minimum atomic E-state index is -2.89. The molecule has 0 aromatic heterocycles. The van der Waals surface area contributed by atoms with Crippen LogP contribution in [0.3, 0.4) is 0 Å². The summed E-state index contributed by atoms with van der Waals surface area (Å²) in [7, 11) is -2.89. The summed E-state index contributed by atoms with van der Waals surface area (Å²) in [6.07, 6.45) is 0.672. The van der Waals surface area contributed by atoms with E-state index in [0.717, 1.165) is 11.3 Å². The van der Waals surface area contributed by atoms with Gasteiger partial charge in [0.15, 0.2) is 9.84 Å². The maximum absolute atomic E-state index is 11.7. The van der Waals surface area contributed by atoms with Gasteiger partial charge in [0.05, 0.1) is 24.1 Å². The molecule has 1 aliphatic heterocycles. The second-order valence-corrected chi connectivity index (χ2v) is 7.92. The van der Waals surface area contributed by atoms with Crippen LogP contribution < -0.4 is 0 Å². The Morgan fingerprint density at radius 2 is 1.95 bits per heavy atom. The molecule has 0 spiro atoms. The van der Waals surface area contributed by atoms with Crippen LogP contribution in [0.1, 0.15) is 31.4 Å². The average molecular weight is 294 g/mol. The van der Waals surface area contributed by atoms with Crippen molar-refractivity contribution in [1.82, 2.24) is 5.01 Å². The number of nitrogens with zero attached hydrogens (tertiary/aromatic N) is 2. The number of aryl methyl sites for hydroxylation is 1. The van der Waals surface area contributed by atoms with E-state index in [-0.39, 0.29) is 17.5 Å². The van der Waals surface area contributed by atoms with Crippen molar-refractivity contribution in [1.29, 1.82) is 0 Å². The molecule has 20 heavy (non-hydrogen) atoms. The third kappa shape index (κ3) is 4.07. The summed E-state index contributed by atoms with van der Waals surface area (Å²) >= 11 is 0. The summed E-state index contributed by atoms with van der Waals surface area (Å²) in [4.78, 5) is 0. The van der Waals surface area contributed by atoms with Crippen LogP contribution in [0, 0.1) is 6.92 Å². The lowest BCUT2D eigenvalue weighted by Crippen LogP contribution is -2.32. The first kappa shape index (κ1) is 15.0. The Morgan fingerprint density at radius 1 is 1.30 bits per heavy atom. The molecule has 1 heterocycles. The topological polar surface area (TPSA) is 49.7 Å². The van der Waals surface area contributed by atoms with Crippen LogP contribution in [0.4, 0.5) is 0 Å². The van der Waals surface area contributed by atoms with E-state index in [4.69, 9.17) is 0 Å². The molecule has 0 saturated carbocycles. The third-order valence-electron chi connectivity index (χ3n) is 3.42. The van der Waals surface area contributed by atoms with E-state index in [2.05, 4.69) is 36.3 Å². The zero-order chi connectivity index (χ0) is 14.8. The average Bonchev–Trinajstić information content (AvgIpc) is 2.71. The zero-order valence-corrected chi connectivity index (χ0v) is 13.2. The van der Waals surface area contributed by atoms with Crippen LogP contribution in [0.15, 0.2) is 29.4 Å². The molecule has 1 aromatic carbocycles. The Morgan fingerprint density at radius 3 is 2.45 bits per heavy atom. The molecule has 1 aliphatic rings. The van der Waals surface area contributed by atoms with Crippen molar-refractivity contribution in [3.05, 3.63) is 35.4 Å². The summed E-state index contributed by atoms with van der Waals surface area (Å²) < 4.78 is 23.3. The van der Waals surface area contributed by atoms with E-state index in [0.29, 0.717) is 13.0 Å². The van der Waals surface area contributed by atoms with E-state index in [9.17, 15) is 8.42 Å². The molecular formula is C15H22N2O2S. The van der Waals surface area contributed by atoms with Crippen LogP contribution in [0.5, 0.6) is 0 Å². The quantitative estimate of drug-likeness (QED) is 0.633. The third-order valence-corrected chi connectivity index (χ3v) is 5.17. The van der Waals surface area contributed by atoms with Gasteiger partial charge in [0.2, 0.25) is 0 Å². The van der Waals surface area contributed by atoms with E-state index in [1.807, 2.05) is 18.9 Å². The lowest BCUT2D eigenvalue weighted by atomic mass is 10.1. The molecule has 110 valence electrons. The molecule has 1 aromatic rings. The number of sulfone groups is 1. The van der Waals surface area contributed by atoms with E-state index in [1.165, 1.54) is 5.56 Å². The highest BCUT2D eigenvalue weighted by Gasteiger charge is 2.32. The Balaban J connectivity index is 2.16. The highest BCUT2D eigenvalue weighted by Crippen LogP contribution is 2.20. The van der Waals surface area contributed by atoms with Gasteiger partial charge in [0, 0.05) is 5.71 Å². The minimum absolute atomic E-state index is 0.00352. The minimum Gasteiger partial charge on any atom is -0.289 e. The van der Waals surface area contributed by atoms with Gasteiger partial charge < -0.3 is 0 Å². The molecule has 0 aliphatic carbocycles. The maximum Gasteiger partial charge on any atom is 0.152 e. The van der Waals surface area contributed by atoms with E-state index >= 15 is 0 Å². The van der Waals surface area contributed by atoms with Gasteiger partial charge in [-0.1, -0.05) is 29.8 Å². The van der Waals surface area contributed by atoms with Gasteiger partial charge in [-0.3, -0.25) is 5.01 Å². The van der Waals surface area contributed by atoms with Gasteiger partial charge in [-0.2, -0.15) is 5.10 Å². The first-order valence-corrected chi connectivity index (χ1v) is 8.72. The van der Waals surface area contributed by atoms with Crippen molar-refractivity contribution in [2.75, 3.05) is 11.5 Å². The fourth-order valence-corrected chi connectivity index (χ4v) is 4.12. The van der Waals surface area contributed by atoms with Crippen LogP contribution in [0.25, 0.3) is 0 Å². The summed E-state index contributed by atoms with van der Waals surface area (Å²) in [5.41, 5.74) is 3.32. The van der Waals surface area contributed by atoms with Crippen molar-refractivity contribution in [3.8, 4) is 0 Å². The predicted molar refractivity (Wildman–Crippen MR) is 82.6 cm³/mol. The Hall–Kier alpha value is -1.36. The zero-order valence-electron chi connectivity index (χ0n) is 12.3. The summed E-state index contributed by atoms with van der Waals surface area (Å²) in [5, 5.41) is 6.46. The van der Waals surface area contributed by atoms with Crippen molar-refractivity contribution in [2.45, 2.75) is 39.8 Å². The Kier molecular flexibility index (Phi) is 4.48. The largest absolute Gasteiger partial charge is 0.289 e. The monoisotopic (exact) mass is 294 g/mol. The molecule has 0 unspecified atom stereocenters. The summed E-state index contributed by atoms with van der Waals surface area (Å²) in [6.45, 7) is 6.59. The number of hydrogen-bond acceptors (Lipinski definition) is 4. The second kappa shape index (κ2) is 5.95. The number of benzene rings is 1. The fraction of sp³-hybridized carbons (Fsp3) is 0.533. The lowest BCUT2D eigenvalue weighted by Gasteiger charge is -2.26. The first-order valence-electron chi connectivity index (χ1n) is 6.90. The van der Waals surface area contributed by atoms with Crippen LogP contribution in [-0.2, 0) is 16.4 Å². The molecule has 1 atom stereocenters. The number of hydrogen-bond donors (Lipinski definition) is 0. The van der Waals surface area contributed by atoms with Gasteiger partial charge in [0.25, 0.3) is 0 Å². The molecule has 5 heteroatoms. The summed E-state index contributed by atoms with van der Waals surface area (Å²) in [6, 6.07) is 8.29. The summed E-state index contributed by atoms with van der Waals surface area (Å²) in [5.74, 6) is 0.496. The maximum atomic E-state index is 11.7. The standard InChI is InChI=1S/C15H22N2O2S/c1-12(2)16-17(15-8-9-20(18,19)11-15)10-14-6-4-13(3)5-7-14/h4-7,15H,8-11H2,1-3H3/t15-/m1/s1.